The number of benzene rings is 1. The quantitative estimate of drug-likeness (QED) is 0.743. The van der Waals surface area contributed by atoms with Crippen molar-refractivity contribution in [3.05, 3.63) is 22.7 Å². The number of hydrogen-bond acceptors (Lipinski definition) is 3. The number of nitrogens with zero attached hydrogens (tertiary/aromatic N) is 2. The van der Waals surface area contributed by atoms with Crippen LogP contribution in [0.1, 0.15) is 51.5 Å². The summed E-state index contributed by atoms with van der Waals surface area (Å²) in [5, 5.41) is 0.587. The van der Waals surface area contributed by atoms with Crippen LogP contribution in [0.15, 0.2) is 12.1 Å². The van der Waals surface area contributed by atoms with Gasteiger partial charge in [0.05, 0.1) is 12.8 Å². The Labute approximate surface area is 161 Å². The highest BCUT2D eigenvalue weighted by Gasteiger charge is 2.26. The van der Waals surface area contributed by atoms with Crippen molar-refractivity contribution in [1.29, 1.82) is 0 Å². The molecule has 144 valence electrons. The maximum Gasteiger partial charge on any atom is 0.224 e. The largest absolute Gasteiger partial charge is 0.495 e. The molecule has 1 atom stereocenters. The van der Waals surface area contributed by atoms with E-state index in [4.69, 9.17) is 16.3 Å². The zero-order valence-electron chi connectivity index (χ0n) is 16.2. The molecule has 1 aliphatic heterocycles. The molecule has 0 aromatic heterocycles. The van der Waals surface area contributed by atoms with Crippen molar-refractivity contribution < 1.29 is 14.3 Å². The molecule has 6 heteroatoms. The van der Waals surface area contributed by atoms with Crippen molar-refractivity contribution in [3.8, 4) is 5.75 Å². The number of methoxy groups -OCH3 is 1. The van der Waals surface area contributed by atoms with Crippen LogP contribution in [-0.2, 0) is 9.59 Å². The first kappa shape index (κ1) is 20.6. The number of rotatable bonds is 6. The van der Waals surface area contributed by atoms with Crippen molar-refractivity contribution in [3.63, 3.8) is 0 Å². The summed E-state index contributed by atoms with van der Waals surface area (Å²) in [7, 11) is 1.55. The highest BCUT2D eigenvalue weighted by atomic mass is 35.5. The van der Waals surface area contributed by atoms with Gasteiger partial charge in [-0.1, -0.05) is 18.5 Å². The molecule has 0 N–H and O–H groups in total. The topological polar surface area (TPSA) is 49.9 Å². The van der Waals surface area contributed by atoms with Crippen LogP contribution >= 0.6 is 11.6 Å². The fourth-order valence-corrected chi connectivity index (χ4v) is 3.73. The van der Waals surface area contributed by atoms with Gasteiger partial charge in [0, 0.05) is 43.6 Å². The van der Waals surface area contributed by atoms with Crippen LogP contribution in [0.5, 0.6) is 5.75 Å². The third-order valence-electron chi connectivity index (χ3n) is 5.10. The minimum Gasteiger partial charge on any atom is -0.495 e. The lowest BCUT2D eigenvalue weighted by Gasteiger charge is -2.36. The highest BCUT2D eigenvalue weighted by molar-refractivity contribution is 6.31. The van der Waals surface area contributed by atoms with Crippen LogP contribution < -0.4 is 9.64 Å². The van der Waals surface area contributed by atoms with Gasteiger partial charge in [-0.3, -0.25) is 9.59 Å². The summed E-state index contributed by atoms with van der Waals surface area (Å²) in [6.07, 6.45) is 4.60. The minimum absolute atomic E-state index is 0.118. The second-order valence-corrected chi connectivity index (χ2v) is 7.25. The Kier molecular flexibility index (Phi) is 7.33. The highest BCUT2D eigenvalue weighted by Crippen LogP contribution is 2.34. The van der Waals surface area contributed by atoms with Gasteiger partial charge in [-0.15, -0.1) is 0 Å². The van der Waals surface area contributed by atoms with Gasteiger partial charge in [-0.25, -0.2) is 0 Å². The van der Waals surface area contributed by atoms with E-state index in [9.17, 15) is 9.59 Å². The van der Waals surface area contributed by atoms with Gasteiger partial charge in [-0.05, 0) is 44.2 Å². The van der Waals surface area contributed by atoms with Crippen molar-refractivity contribution in [2.45, 2.75) is 58.9 Å². The van der Waals surface area contributed by atoms with E-state index in [-0.39, 0.29) is 11.8 Å². The number of piperidine rings is 1. The molecule has 0 radical (unpaired) electrons. The first-order chi connectivity index (χ1) is 12.4. The molecule has 0 saturated carbocycles. The smallest absolute Gasteiger partial charge is 0.224 e. The van der Waals surface area contributed by atoms with Crippen LogP contribution in [0.3, 0.4) is 0 Å². The second-order valence-electron chi connectivity index (χ2n) is 6.84. The fourth-order valence-electron chi connectivity index (χ4n) is 3.57. The SMILES string of the molecule is CCC1CCCCN1C(=O)CCN(C(C)=O)c1cc(C)c(Cl)cc1OC. The summed E-state index contributed by atoms with van der Waals surface area (Å²) in [6, 6.07) is 3.87. The molecular formula is C20H29ClN2O3. The number of ether oxygens (including phenoxy) is 1. The predicted octanol–water partition coefficient (Wildman–Crippen LogP) is 4.19. The molecule has 1 aromatic carbocycles. The van der Waals surface area contributed by atoms with Crippen LogP contribution in [0, 0.1) is 6.92 Å². The Bertz CT molecular complexity index is 663. The summed E-state index contributed by atoms with van der Waals surface area (Å²) >= 11 is 6.17. The molecule has 26 heavy (non-hydrogen) atoms. The van der Waals surface area contributed by atoms with Crippen molar-refractivity contribution in [1.82, 2.24) is 4.90 Å². The second kappa shape index (κ2) is 9.26. The van der Waals surface area contributed by atoms with Crippen LogP contribution in [0.25, 0.3) is 0 Å². The number of hydrogen-bond donors (Lipinski definition) is 0. The predicted molar refractivity (Wildman–Crippen MR) is 105 cm³/mol. The monoisotopic (exact) mass is 380 g/mol. The van der Waals surface area contributed by atoms with E-state index in [1.54, 1.807) is 18.1 Å². The molecule has 1 aromatic rings. The number of carbonyl (C=O) groups excluding carboxylic acids is 2. The van der Waals surface area contributed by atoms with Gasteiger partial charge in [0.1, 0.15) is 5.75 Å². The summed E-state index contributed by atoms with van der Waals surface area (Å²) < 4.78 is 5.40. The number of anilines is 1. The van der Waals surface area contributed by atoms with Gasteiger partial charge in [0.15, 0.2) is 0 Å². The van der Waals surface area contributed by atoms with E-state index in [2.05, 4.69) is 6.92 Å². The van der Waals surface area contributed by atoms with Gasteiger partial charge < -0.3 is 14.5 Å². The Balaban J connectivity index is 2.15. The summed E-state index contributed by atoms with van der Waals surface area (Å²) in [5.41, 5.74) is 1.52. The third-order valence-corrected chi connectivity index (χ3v) is 5.51. The molecule has 0 spiro atoms. The maximum atomic E-state index is 12.7. The summed E-state index contributed by atoms with van der Waals surface area (Å²) in [6.45, 7) is 6.66. The van der Waals surface area contributed by atoms with E-state index in [0.29, 0.717) is 35.5 Å². The molecular weight excluding hydrogens is 352 g/mol. The summed E-state index contributed by atoms with van der Waals surface area (Å²) in [5.74, 6) is 0.531. The zero-order valence-corrected chi connectivity index (χ0v) is 16.9. The van der Waals surface area contributed by atoms with Crippen LogP contribution in [0.2, 0.25) is 5.02 Å². The summed E-state index contributed by atoms with van der Waals surface area (Å²) in [4.78, 5) is 28.6. The lowest BCUT2D eigenvalue weighted by atomic mass is 9.99. The van der Waals surface area contributed by atoms with Crippen molar-refractivity contribution in [2.75, 3.05) is 25.1 Å². The maximum absolute atomic E-state index is 12.7. The number of halogens is 1. The third kappa shape index (κ3) is 4.70. The Hall–Kier alpha value is -1.75. The molecule has 1 saturated heterocycles. The van der Waals surface area contributed by atoms with Crippen LogP contribution in [-0.4, -0.2) is 43.0 Å². The minimum atomic E-state index is -0.122. The Morgan fingerprint density at radius 3 is 2.69 bits per heavy atom. The lowest BCUT2D eigenvalue weighted by molar-refractivity contribution is -0.134. The molecule has 1 fully saturated rings. The molecule has 1 unspecified atom stereocenters. The Morgan fingerprint density at radius 2 is 2.08 bits per heavy atom. The van der Waals surface area contributed by atoms with Gasteiger partial charge >= 0.3 is 0 Å². The molecule has 1 heterocycles. The van der Waals surface area contributed by atoms with Gasteiger partial charge in [0.25, 0.3) is 0 Å². The van der Waals surface area contributed by atoms with E-state index < -0.39 is 0 Å². The number of likely N-dealkylation sites (tertiary alicyclic amines) is 1. The number of aryl methyl sites for hydroxylation is 1. The first-order valence-electron chi connectivity index (χ1n) is 9.30. The first-order valence-corrected chi connectivity index (χ1v) is 9.68. The van der Waals surface area contributed by atoms with Gasteiger partial charge in [-0.2, -0.15) is 0 Å². The van der Waals surface area contributed by atoms with E-state index in [1.807, 2.05) is 17.9 Å². The molecule has 5 nitrogen and oxygen atoms in total. The molecule has 1 aliphatic rings. The van der Waals surface area contributed by atoms with E-state index >= 15 is 0 Å². The van der Waals surface area contributed by atoms with Crippen LogP contribution in [0.4, 0.5) is 5.69 Å². The molecule has 2 rings (SSSR count). The van der Waals surface area contributed by atoms with Gasteiger partial charge in [0.2, 0.25) is 11.8 Å². The Morgan fingerprint density at radius 1 is 1.35 bits per heavy atom. The lowest BCUT2D eigenvalue weighted by Crippen LogP contribution is -2.44. The fraction of sp³-hybridized carbons (Fsp3) is 0.600. The van der Waals surface area contributed by atoms with E-state index in [0.717, 1.165) is 31.4 Å². The molecule has 0 aliphatic carbocycles. The number of carbonyl (C=O) groups is 2. The normalized spacial score (nSPS) is 17.1. The molecule has 2 amide bonds. The average molecular weight is 381 g/mol. The zero-order chi connectivity index (χ0) is 19.3. The number of amides is 2. The standard InChI is InChI=1S/C20H29ClN2O3/c1-5-16-8-6-7-10-23(16)20(25)9-11-22(15(3)24)18-12-14(2)17(21)13-19(18)26-4/h12-13,16H,5-11H2,1-4H3. The average Bonchev–Trinajstić information content (AvgIpc) is 2.63. The van der Waals surface area contributed by atoms with E-state index in [1.165, 1.54) is 13.3 Å². The van der Waals surface area contributed by atoms with Crippen molar-refractivity contribution in [2.24, 2.45) is 0 Å². The molecule has 0 bridgehead atoms. The van der Waals surface area contributed by atoms with Crippen molar-refractivity contribution >= 4 is 29.1 Å².